The average molecular weight is 234 g/mol. The van der Waals surface area contributed by atoms with Crippen molar-refractivity contribution in [2.24, 2.45) is 0 Å². The van der Waals surface area contributed by atoms with Crippen LogP contribution in [0, 0.1) is 6.92 Å². The summed E-state index contributed by atoms with van der Waals surface area (Å²) in [6.45, 7) is 10.1. The molecule has 0 radical (unpaired) electrons. The van der Waals surface area contributed by atoms with Crippen molar-refractivity contribution in [2.45, 2.75) is 32.9 Å². The van der Waals surface area contributed by atoms with Gasteiger partial charge in [0, 0.05) is 25.3 Å². The highest BCUT2D eigenvalue weighted by atomic mass is 16.5. The van der Waals surface area contributed by atoms with E-state index in [0.29, 0.717) is 0 Å². The van der Waals surface area contributed by atoms with Crippen LogP contribution in [-0.4, -0.2) is 30.2 Å². The highest BCUT2D eigenvalue weighted by Crippen LogP contribution is 2.20. The van der Waals surface area contributed by atoms with Crippen molar-refractivity contribution in [1.29, 1.82) is 0 Å². The van der Waals surface area contributed by atoms with Gasteiger partial charge in [0.05, 0.1) is 12.2 Å². The number of anilines is 1. The lowest BCUT2D eigenvalue weighted by Gasteiger charge is -2.38. The molecule has 0 aromatic heterocycles. The summed E-state index contributed by atoms with van der Waals surface area (Å²) < 4.78 is 5.71. The first-order valence-corrected chi connectivity index (χ1v) is 6.18. The molecule has 1 aromatic rings. The second-order valence-electron chi connectivity index (χ2n) is 5.51. The van der Waals surface area contributed by atoms with Gasteiger partial charge in [-0.05, 0) is 38.0 Å². The van der Waals surface area contributed by atoms with E-state index in [4.69, 9.17) is 10.5 Å². The Labute approximate surface area is 104 Å². The summed E-state index contributed by atoms with van der Waals surface area (Å²) in [4.78, 5) is 2.42. The summed E-state index contributed by atoms with van der Waals surface area (Å²) in [6, 6.07) is 6.34. The smallest absolute Gasteiger partial charge is 0.0753 e. The van der Waals surface area contributed by atoms with E-state index in [1.54, 1.807) is 0 Å². The molecule has 1 heterocycles. The van der Waals surface area contributed by atoms with E-state index in [0.717, 1.165) is 37.5 Å². The fourth-order valence-corrected chi connectivity index (χ4v) is 2.30. The Balaban J connectivity index is 2.03. The Morgan fingerprint density at radius 2 is 2.18 bits per heavy atom. The number of hydrogen-bond donors (Lipinski definition) is 1. The van der Waals surface area contributed by atoms with E-state index in [1.165, 1.54) is 5.56 Å². The van der Waals surface area contributed by atoms with E-state index >= 15 is 0 Å². The summed E-state index contributed by atoms with van der Waals surface area (Å²) in [7, 11) is 0. The Morgan fingerprint density at radius 3 is 2.82 bits per heavy atom. The maximum absolute atomic E-state index is 5.94. The number of aryl methyl sites for hydroxylation is 1. The number of nitrogens with two attached hydrogens (primary N) is 1. The highest BCUT2D eigenvalue weighted by molar-refractivity contribution is 5.48. The van der Waals surface area contributed by atoms with E-state index in [-0.39, 0.29) is 5.60 Å². The van der Waals surface area contributed by atoms with E-state index in [2.05, 4.69) is 36.9 Å². The molecule has 0 atom stereocenters. The Hall–Kier alpha value is -1.06. The number of benzene rings is 1. The van der Waals surface area contributed by atoms with Gasteiger partial charge in [0.15, 0.2) is 0 Å². The monoisotopic (exact) mass is 234 g/mol. The molecule has 2 N–H and O–H groups in total. The van der Waals surface area contributed by atoms with Crippen LogP contribution in [0.4, 0.5) is 5.69 Å². The maximum Gasteiger partial charge on any atom is 0.0753 e. The molecule has 0 amide bonds. The van der Waals surface area contributed by atoms with Crippen LogP contribution in [0.2, 0.25) is 0 Å². The lowest BCUT2D eigenvalue weighted by Crippen LogP contribution is -2.47. The molecule has 0 saturated carbocycles. The third-order valence-electron chi connectivity index (χ3n) is 3.25. The number of ether oxygens (including phenoxy) is 1. The largest absolute Gasteiger partial charge is 0.399 e. The molecule has 1 aliphatic rings. The molecule has 0 bridgehead atoms. The predicted octanol–water partition coefficient (Wildman–Crippen LogP) is 2.19. The first-order valence-electron chi connectivity index (χ1n) is 6.18. The zero-order valence-electron chi connectivity index (χ0n) is 11.0. The van der Waals surface area contributed by atoms with Crippen LogP contribution in [0.5, 0.6) is 0 Å². The maximum atomic E-state index is 5.94. The minimum atomic E-state index is -0.0332. The quantitative estimate of drug-likeness (QED) is 0.797. The van der Waals surface area contributed by atoms with Crippen LogP contribution in [0.3, 0.4) is 0 Å². The van der Waals surface area contributed by atoms with Crippen molar-refractivity contribution >= 4 is 5.69 Å². The van der Waals surface area contributed by atoms with Crippen molar-refractivity contribution in [2.75, 3.05) is 25.4 Å². The van der Waals surface area contributed by atoms with Crippen LogP contribution < -0.4 is 5.73 Å². The summed E-state index contributed by atoms with van der Waals surface area (Å²) >= 11 is 0. The lowest BCUT2D eigenvalue weighted by molar-refractivity contribution is -0.0882. The van der Waals surface area contributed by atoms with Crippen molar-refractivity contribution < 1.29 is 4.74 Å². The van der Waals surface area contributed by atoms with Crippen LogP contribution in [-0.2, 0) is 11.3 Å². The summed E-state index contributed by atoms with van der Waals surface area (Å²) in [5, 5.41) is 0. The van der Waals surface area contributed by atoms with Crippen molar-refractivity contribution in [3.05, 3.63) is 29.3 Å². The fourth-order valence-electron chi connectivity index (χ4n) is 2.30. The third-order valence-corrected chi connectivity index (χ3v) is 3.25. The number of rotatable bonds is 2. The van der Waals surface area contributed by atoms with Crippen LogP contribution in [0.15, 0.2) is 18.2 Å². The van der Waals surface area contributed by atoms with Gasteiger partial charge in [0.2, 0.25) is 0 Å². The van der Waals surface area contributed by atoms with Gasteiger partial charge < -0.3 is 10.5 Å². The van der Waals surface area contributed by atoms with Gasteiger partial charge in [-0.15, -0.1) is 0 Å². The zero-order valence-corrected chi connectivity index (χ0v) is 11.0. The molecular formula is C14H22N2O. The molecule has 1 aliphatic heterocycles. The number of nitrogen functional groups attached to an aromatic ring is 1. The second-order valence-corrected chi connectivity index (χ2v) is 5.51. The van der Waals surface area contributed by atoms with Crippen LogP contribution in [0.1, 0.15) is 25.0 Å². The molecule has 3 heteroatoms. The standard InChI is InChI=1S/C14H22N2O/c1-11-4-5-12(8-13(11)15)9-16-6-7-17-14(2,3)10-16/h4-5,8H,6-7,9-10,15H2,1-3H3. The summed E-state index contributed by atoms with van der Waals surface area (Å²) in [5.74, 6) is 0. The molecule has 2 rings (SSSR count). The highest BCUT2D eigenvalue weighted by Gasteiger charge is 2.26. The second kappa shape index (κ2) is 4.67. The minimum Gasteiger partial charge on any atom is -0.399 e. The zero-order chi connectivity index (χ0) is 12.5. The SMILES string of the molecule is Cc1ccc(CN2CCOC(C)(C)C2)cc1N. The third kappa shape index (κ3) is 3.20. The molecule has 17 heavy (non-hydrogen) atoms. The van der Waals surface area contributed by atoms with Gasteiger partial charge in [-0.1, -0.05) is 12.1 Å². The van der Waals surface area contributed by atoms with Gasteiger partial charge in [-0.25, -0.2) is 0 Å². The molecule has 3 nitrogen and oxygen atoms in total. The van der Waals surface area contributed by atoms with Crippen molar-refractivity contribution in [1.82, 2.24) is 4.90 Å². The van der Waals surface area contributed by atoms with Gasteiger partial charge >= 0.3 is 0 Å². The summed E-state index contributed by atoms with van der Waals surface area (Å²) in [6.07, 6.45) is 0. The number of morpholine rings is 1. The van der Waals surface area contributed by atoms with Crippen molar-refractivity contribution in [3.8, 4) is 0 Å². The normalized spacial score (nSPS) is 20.4. The summed E-state index contributed by atoms with van der Waals surface area (Å²) in [5.41, 5.74) is 9.22. The molecule has 1 saturated heterocycles. The lowest BCUT2D eigenvalue weighted by atomic mass is 10.1. The average Bonchev–Trinajstić information content (AvgIpc) is 2.22. The number of nitrogens with zero attached hydrogens (tertiary/aromatic N) is 1. The van der Waals surface area contributed by atoms with Gasteiger partial charge in [-0.3, -0.25) is 4.90 Å². The first kappa shape index (κ1) is 12.4. The first-order chi connectivity index (χ1) is 7.96. The Morgan fingerprint density at radius 1 is 1.41 bits per heavy atom. The molecule has 1 fully saturated rings. The van der Waals surface area contributed by atoms with Gasteiger partial charge in [-0.2, -0.15) is 0 Å². The Bertz CT molecular complexity index is 401. The number of hydrogen-bond acceptors (Lipinski definition) is 3. The van der Waals surface area contributed by atoms with E-state index in [1.807, 2.05) is 6.92 Å². The molecule has 0 unspecified atom stereocenters. The molecular weight excluding hydrogens is 212 g/mol. The fraction of sp³-hybridized carbons (Fsp3) is 0.571. The molecule has 94 valence electrons. The van der Waals surface area contributed by atoms with E-state index < -0.39 is 0 Å². The molecule has 0 spiro atoms. The van der Waals surface area contributed by atoms with Crippen LogP contribution in [0.25, 0.3) is 0 Å². The Kier molecular flexibility index (Phi) is 3.40. The van der Waals surface area contributed by atoms with E-state index in [9.17, 15) is 0 Å². The topological polar surface area (TPSA) is 38.5 Å². The molecule has 0 aliphatic carbocycles. The van der Waals surface area contributed by atoms with Gasteiger partial charge in [0.25, 0.3) is 0 Å². The van der Waals surface area contributed by atoms with Crippen molar-refractivity contribution in [3.63, 3.8) is 0 Å². The van der Waals surface area contributed by atoms with Crippen LogP contribution >= 0.6 is 0 Å². The minimum absolute atomic E-state index is 0.0332. The molecule has 1 aromatic carbocycles. The predicted molar refractivity (Wildman–Crippen MR) is 70.9 cm³/mol. The van der Waals surface area contributed by atoms with Gasteiger partial charge in [0.1, 0.15) is 0 Å².